The van der Waals surface area contributed by atoms with Crippen LogP contribution in [0.3, 0.4) is 0 Å². The zero-order valence-electron chi connectivity index (χ0n) is 12.8. The molecule has 0 radical (unpaired) electrons. The minimum absolute atomic E-state index is 0.103. The van der Waals surface area contributed by atoms with E-state index in [2.05, 4.69) is 0 Å². The first-order chi connectivity index (χ1) is 10.1. The average Bonchev–Trinajstić information content (AvgIpc) is 2.52. The Morgan fingerprint density at radius 3 is 2.62 bits per heavy atom. The number of carbonyl (C=O) groups excluding carboxylic acids is 1. The number of hydrogen-bond donors (Lipinski definition) is 1. The first-order valence-corrected chi connectivity index (χ1v) is 7.86. The highest BCUT2D eigenvalue weighted by molar-refractivity contribution is 5.76. The van der Waals surface area contributed by atoms with E-state index in [0.29, 0.717) is 12.3 Å². The summed E-state index contributed by atoms with van der Waals surface area (Å²) in [5.41, 5.74) is 5.70. The maximum Gasteiger partial charge on any atom is 0.222 e. The van der Waals surface area contributed by atoms with Crippen molar-refractivity contribution in [2.45, 2.75) is 38.6 Å². The van der Waals surface area contributed by atoms with Gasteiger partial charge >= 0.3 is 0 Å². The molecule has 1 fully saturated rings. The summed E-state index contributed by atoms with van der Waals surface area (Å²) in [6, 6.07) is 10.0. The van der Waals surface area contributed by atoms with Crippen molar-refractivity contribution in [2.24, 2.45) is 11.7 Å². The summed E-state index contributed by atoms with van der Waals surface area (Å²) in [6.07, 6.45) is 3.40. The number of ether oxygens (including phenoxy) is 1. The molecule has 116 valence electrons. The lowest BCUT2D eigenvalue weighted by Gasteiger charge is -2.32. The second-order valence-electron chi connectivity index (χ2n) is 5.96. The molecule has 1 amide bonds. The number of nitrogens with zero attached hydrogens (tertiary/aromatic N) is 1. The molecule has 1 aliphatic heterocycles. The first-order valence-electron chi connectivity index (χ1n) is 7.86. The summed E-state index contributed by atoms with van der Waals surface area (Å²) in [6.45, 7) is 4.38. The van der Waals surface area contributed by atoms with E-state index < -0.39 is 0 Å². The van der Waals surface area contributed by atoms with Crippen molar-refractivity contribution in [3.8, 4) is 5.75 Å². The van der Waals surface area contributed by atoms with Crippen LogP contribution in [0.2, 0.25) is 0 Å². The van der Waals surface area contributed by atoms with Gasteiger partial charge in [0, 0.05) is 25.6 Å². The monoisotopic (exact) mass is 290 g/mol. The van der Waals surface area contributed by atoms with Crippen molar-refractivity contribution in [1.82, 2.24) is 4.90 Å². The standard InChI is InChI=1S/C17H26N2O2/c1-14(18)7-8-17(20)19-11-9-15(10-12-19)13-21-16-5-3-2-4-6-16/h2-6,14-15H,7-13,18H2,1H3. The average molecular weight is 290 g/mol. The zero-order chi connectivity index (χ0) is 15.1. The number of hydrogen-bond acceptors (Lipinski definition) is 3. The molecule has 1 aliphatic rings. The number of rotatable bonds is 6. The molecular weight excluding hydrogens is 264 g/mol. The number of benzene rings is 1. The first kappa shape index (κ1) is 15.8. The lowest BCUT2D eigenvalue weighted by atomic mass is 9.97. The van der Waals surface area contributed by atoms with Crippen LogP contribution in [-0.4, -0.2) is 36.5 Å². The van der Waals surface area contributed by atoms with Gasteiger partial charge in [-0.1, -0.05) is 18.2 Å². The number of amides is 1. The van der Waals surface area contributed by atoms with Gasteiger partial charge in [0.25, 0.3) is 0 Å². The van der Waals surface area contributed by atoms with Gasteiger partial charge in [-0.2, -0.15) is 0 Å². The Morgan fingerprint density at radius 2 is 2.00 bits per heavy atom. The number of piperidine rings is 1. The highest BCUT2D eigenvalue weighted by Crippen LogP contribution is 2.20. The van der Waals surface area contributed by atoms with Gasteiger partial charge in [-0.3, -0.25) is 4.79 Å². The van der Waals surface area contributed by atoms with Crippen LogP contribution < -0.4 is 10.5 Å². The highest BCUT2D eigenvalue weighted by Gasteiger charge is 2.23. The van der Waals surface area contributed by atoms with E-state index in [-0.39, 0.29) is 11.9 Å². The van der Waals surface area contributed by atoms with Gasteiger partial charge in [-0.15, -0.1) is 0 Å². The van der Waals surface area contributed by atoms with E-state index in [1.54, 1.807) is 0 Å². The SMILES string of the molecule is CC(N)CCC(=O)N1CCC(COc2ccccc2)CC1. The number of likely N-dealkylation sites (tertiary alicyclic amines) is 1. The van der Waals surface area contributed by atoms with Crippen molar-refractivity contribution in [3.63, 3.8) is 0 Å². The Hall–Kier alpha value is -1.55. The largest absolute Gasteiger partial charge is 0.493 e. The number of nitrogens with two attached hydrogens (primary N) is 1. The minimum Gasteiger partial charge on any atom is -0.493 e. The van der Waals surface area contributed by atoms with Crippen molar-refractivity contribution >= 4 is 5.91 Å². The maximum atomic E-state index is 12.0. The van der Waals surface area contributed by atoms with Crippen LogP contribution in [0.25, 0.3) is 0 Å². The fraction of sp³-hybridized carbons (Fsp3) is 0.588. The molecule has 1 saturated heterocycles. The summed E-state index contributed by atoms with van der Waals surface area (Å²) >= 11 is 0. The number of carbonyl (C=O) groups is 1. The van der Waals surface area contributed by atoms with Crippen LogP contribution in [0.5, 0.6) is 5.75 Å². The van der Waals surface area contributed by atoms with Crippen LogP contribution in [0.15, 0.2) is 30.3 Å². The second kappa shape index (κ2) is 8.03. The van der Waals surface area contributed by atoms with Gasteiger partial charge in [-0.05, 0) is 44.2 Å². The molecule has 4 heteroatoms. The molecule has 0 saturated carbocycles. The van der Waals surface area contributed by atoms with Gasteiger partial charge in [0.2, 0.25) is 5.91 Å². The summed E-state index contributed by atoms with van der Waals surface area (Å²) in [5.74, 6) is 1.71. The quantitative estimate of drug-likeness (QED) is 0.875. The molecule has 0 spiro atoms. The molecule has 1 aromatic carbocycles. The zero-order valence-corrected chi connectivity index (χ0v) is 12.8. The smallest absolute Gasteiger partial charge is 0.222 e. The van der Waals surface area contributed by atoms with E-state index in [9.17, 15) is 4.79 Å². The molecule has 0 aliphatic carbocycles. The molecule has 1 unspecified atom stereocenters. The van der Waals surface area contributed by atoms with Crippen LogP contribution >= 0.6 is 0 Å². The third kappa shape index (κ3) is 5.38. The molecule has 1 aromatic rings. The molecule has 2 N–H and O–H groups in total. The van der Waals surface area contributed by atoms with Crippen LogP contribution in [0.1, 0.15) is 32.6 Å². The Bertz CT molecular complexity index is 426. The van der Waals surface area contributed by atoms with Gasteiger partial charge in [0.05, 0.1) is 6.61 Å². The predicted octanol–water partition coefficient (Wildman–Crippen LogP) is 2.43. The highest BCUT2D eigenvalue weighted by atomic mass is 16.5. The van der Waals surface area contributed by atoms with E-state index in [1.807, 2.05) is 42.2 Å². The summed E-state index contributed by atoms with van der Waals surface area (Å²) in [5, 5.41) is 0. The van der Waals surface area contributed by atoms with Gasteiger partial charge in [0.1, 0.15) is 5.75 Å². The lowest BCUT2D eigenvalue weighted by Crippen LogP contribution is -2.40. The second-order valence-corrected chi connectivity index (χ2v) is 5.96. The van der Waals surface area contributed by atoms with Crippen LogP contribution in [-0.2, 0) is 4.79 Å². The van der Waals surface area contributed by atoms with E-state index in [0.717, 1.165) is 44.7 Å². The van der Waals surface area contributed by atoms with Gasteiger partial charge in [0.15, 0.2) is 0 Å². The minimum atomic E-state index is 0.103. The normalized spacial score (nSPS) is 17.5. The van der Waals surface area contributed by atoms with Crippen molar-refractivity contribution in [2.75, 3.05) is 19.7 Å². The van der Waals surface area contributed by atoms with E-state index >= 15 is 0 Å². The number of para-hydroxylation sites is 1. The molecule has 1 atom stereocenters. The third-order valence-electron chi connectivity index (χ3n) is 4.01. The molecule has 4 nitrogen and oxygen atoms in total. The molecule has 0 bridgehead atoms. The Kier molecular flexibility index (Phi) is 6.05. The summed E-state index contributed by atoms with van der Waals surface area (Å²) in [4.78, 5) is 14.0. The molecule has 1 heterocycles. The van der Waals surface area contributed by atoms with E-state index in [4.69, 9.17) is 10.5 Å². The lowest BCUT2D eigenvalue weighted by molar-refractivity contribution is -0.132. The topological polar surface area (TPSA) is 55.6 Å². The molecule has 0 aromatic heterocycles. The Morgan fingerprint density at radius 1 is 1.33 bits per heavy atom. The van der Waals surface area contributed by atoms with Gasteiger partial charge in [-0.25, -0.2) is 0 Å². The van der Waals surface area contributed by atoms with Crippen molar-refractivity contribution in [1.29, 1.82) is 0 Å². The Labute approximate surface area is 127 Å². The molecule has 21 heavy (non-hydrogen) atoms. The van der Waals surface area contributed by atoms with Crippen molar-refractivity contribution < 1.29 is 9.53 Å². The predicted molar refractivity (Wildman–Crippen MR) is 84.1 cm³/mol. The van der Waals surface area contributed by atoms with E-state index in [1.165, 1.54) is 0 Å². The van der Waals surface area contributed by atoms with Crippen LogP contribution in [0.4, 0.5) is 0 Å². The third-order valence-corrected chi connectivity index (χ3v) is 4.01. The summed E-state index contributed by atoms with van der Waals surface area (Å²) < 4.78 is 5.80. The molecular formula is C17H26N2O2. The summed E-state index contributed by atoms with van der Waals surface area (Å²) in [7, 11) is 0. The van der Waals surface area contributed by atoms with Crippen molar-refractivity contribution in [3.05, 3.63) is 30.3 Å². The maximum absolute atomic E-state index is 12.0. The molecule has 2 rings (SSSR count). The fourth-order valence-electron chi connectivity index (χ4n) is 2.59. The van der Waals surface area contributed by atoms with Gasteiger partial charge < -0.3 is 15.4 Å². The van der Waals surface area contributed by atoms with Crippen LogP contribution in [0, 0.1) is 5.92 Å². The fourth-order valence-corrected chi connectivity index (χ4v) is 2.59. The Balaban J connectivity index is 1.67.